The first kappa shape index (κ1) is 22.9. The molecule has 0 spiro atoms. The third kappa shape index (κ3) is 6.92. The number of aryl methyl sites for hydroxylation is 2. The number of anilines is 1. The van der Waals surface area contributed by atoms with Gasteiger partial charge in [0.1, 0.15) is 0 Å². The van der Waals surface area contributed by atoms with Crippen LogP contribution in [0.4, 0.5) is 10.5 Å². The van der Waals surface area contributed by atoms with Crippen molar-refractivity contribution in [2.75, 3.05) is 5.32 Å². The van der Waals surface area contributed by atoms with Crippen molar-refractivity contribution < 1.29 is 19.1 Å². The molecule has 7 nitrogen and oxygen atoms in total. The van der Waals surface area contributed by atoms with Crippen LogP contribution >= 0.6 is 0 Å². The fourth-order valence-corrected chi connectivity index (χ4v) is 2.72. The molecule has 0 bridgehead atoms. The summed E-state index contributed by atoms with van der Waals surface area (Å²) >= 11 is 0. The van der Waals surface area contributed by atoms with E-state index in [2.05, 4.69) is 16.0 Å². The summed E-state index contributed by atoms with van der Waals surface area (Å²) in [5.74, 6) is -0.984. The molecule has 3 amide bonds. The van der Waals surface area contributed by atoms with Crippen molar-refractivity contribution in [2.45, 2.75) is 53.3 Å². The van der Waals surface area contributed by atoms with Crippen molar-refractivity contribution in [2.24, 2.45) is 0 Å². The molecule has 30 heavy (non-hydrogen) atoms. The second-order valence-corrected chi connectivity index (χ2v) is 7.53. The number of benzene rings is 2. The molecule has 0 aliphatic carbocycles. The Labute approximate surface area is 177 Å². The van der Waals surface area contributed by atoms with Gasteiger partial charge >= 0.3 is 12.0 Å². The molecule has 1 atom stereocenters. The van der Waals surface area contributed by atoms with Crippen LogP contribution in [0.1, 0.15) is 47.8 Å². The van der Waals surface area contributed by atoms with E-state index in [0.717, 1.165) is 16.7 Å². The molecule has 0 aliphatic rings. The third-order valence-corrected chi connectivity index (χ3v) is 4.36. The molecule has 0 saturated carbocycles. The average Bonchev–Trinajstić information content (AvgIpc) is 2.68. The lowest BCUT2D eigenvalue weighted by Crippen LogP contribution is -2.39. The van der Waals surface area contributed by atoms with Gasteiger partial charge in [-0.25, -0.2) is 9.59 Å². The first-order chi connectivity index (χ1) is 14.2. The normalized spacial score (nSPS) is 11.5. The monoisotopic (exact) mass is 411 g/mol. The van der Waals surface area contributed by atoms with Gasteiger partial charge in [-0.3, -0.25) is 4.79 Å². The largest absolute Gasteiger partial charge is 0.449 e. The summed E-state index contributed by atoms with van der Waals surface area (Å²) in [4.78, 5) is 36.3. The van der Waals surface area contributed by atoms with Crippen LogP contribution < -0.4 is 16.0 Å². The standard InChI is InChI=1S/C23H29N3O4/c1-14(2)25-23(29)24-13-18-7-9-19(10-8-18)22(28)30-17(5)21(27)26-20-11-6-15(3)12-16(20)4/h6-12,14,17H,13H2,1-5H3,(H,26,27)(H2,24,25,29). The molecule has 2 aromatic carbocycles. The Kier molecular flexibility index (Phi) is 7.98. The SMILES string of the molecule is Cc1ccc(NC(=O)C(C)OC(=O)c2ccc(CNC(=O)NC(C)C)cc2)c(C)c1. The van der Waals surface area contributed by atoms with Crippen molar-refractivity contribution >= 4 is 23.6 Å². The molecule has 1 unspecified atom stereocenters. The molecule has 7 heteroatoms. The number of urea groups is 1. The zero-order valence-electron chi connectivity index (χ0n) is 18.0. The number of rotatable bonds is 7. The van der Waals surface area contributed by atoms with E-state index < -0.39 is 18.0 Å². The van der Waals surface area contributed by atoms with Crippen LogP contribution in [0.5, 0.6) is 0 Å². The number of amides is 3. The highest BCUT2D eigenvalue weighted by atomic mass is 16.5. The number of hydrogen-bond donors (Lipinski definition) is 3. The van der Waals surface area contributed by atoms with E-state index in [1.54, 1.807) is 24.3 Å². The van der Waals surface area contributed by atoms with E-state index in [1.165, 1.54) is 6.92 Å². The van der Waals surface area contributed by atoms with Gasteiger partial charge in [-0.1, -0.05) is 29.8 Å². The Morgan fingerprint density at radius 2 is 1.63 bits per heavy atom. The molecule has 0 heterocycles. The molecular weight excluding hydrogens is 382 g/mol. The van der Waals surface area contributed by atoms with Crippen molar-refractivity contribution in [3.63, 3.8) is 0 Å². The predicted molar refractivity (Wildman–Crippen MR) is 116 cm³/mol. The fraction of sp³-hybridized carbons (Fsp3) is 0.348. The average molecular weight is 412 g/mol. The lowest BCUT2D eigenvalue weighted by atomic mass is 10.1. The molecule has 0 radical (unpaired) electrons. The summed E-state index contributed by atoms with van der Waals surface area (Å²) in [5.41, 5.74) is 3.90. The van der Waals surface area contributed by atoms with E-state index in [1.807, 2.05) is 45.9 Å². The molecule has 0 aromatic heterocycles. The zero-order valence-corrected chi connectivity index (χ0v) is 18.0. The van der Waals surface area contributed by atoms with Gasteiger partial charge in [-0.05, 0) is 63.9 Å². The van der Waals surface area contributed by atoms with Crippen LogP contribution in [0.2, 0.25) is 0 Å². The van der Waals surface area contributed by atoms with Crippen LogP contribution in [0.25, 0.3) is 0 Å². The molecular formula is C23H29N3O4. The molecule has 160 valence electrons. The summed E-state index contributed by atoms with van der Waals surface area (Å²) < 4.78 is 5.29. The number of ether oxygens (including phenoxy) is 1. The number of nitrogens with one attached hydrogen (secondary N) is 3. The molecule has 0 saturated heterocycles. The van der Waals surface area contributed by atoms with Crippen LogP contribution in [0.3, 0.4) is 0 Å². The number of carbonyl (C=O) groups is 3. The first-order valence-corrected chi connectivity index (χ1v) is 9.88. The summed E-state index contributed by atoms with van der Waals surface area (Å²) in [5, 5.41) is 8.26. The lowest BCUT2D eigenvalue weighted by Gasteiger charge is -2.15. The van der Waals surface area contributed by atoms with E-state index in [4.69, 9.17) is 4.74 Å². The number of hydrogen-bond acceptors (Lipinski definition) is 4. The Bertz CT molecular complexity index is 907. The molecule has 0 aliphatic heterocycles. The summed E-state index contributed by atoms with van der Waals surface area (Å²) in [6.07, 6.45) is -0.945. The number of esters is 1. The summed E-state index contributed by atoms with van der Waals surface area (Å²) in [6, 6.07) is 12.2. The molecule has 2 aromatic rings. The Balaban J connectivity index is 1.88. The van der Waals surface area contributed by atoms with Gasteiger partial charge in [0, 0.05) is 18.3 Å². The second-order valence-electron chi connectivity index (χ2n) is 7.53. The van der Waals surface area contributed by atoms with Crippen molar-refractivity contribution in [3.8, 4) is 0 Å². The topological polar surface area (TPSA) is 96.5 Å². The van der Waals surface area contributed by atoms with E-state index >= 15 is 0 Å². The van der Waals surface area contributed by atoms with Gasteiger partial charge < -0.3 is 20.7 Å². The highest BCUT2D eigenvalue weighted by Crippen LogP contribution is 2.17. The maximum absolute atomic E-state index is 12.4. The Morgan fingerprint density at radius 1 is 0.967 bits per heavy atom. The second kappa shape index (κ2) is 10.4. The predicted octanol–water partition coefficient (Wildman–Crippen LogP) is 3.70. The highest BCUT2D eigenvalue weighted by molar-refractivity contribution is 5.97. The minimum absolute atomic E-state index is 0.0521. The van der Waals surface area contributed by atoms with Crippen molar-refractivity contribution in [1.29, 1.82) is 0 Å². The highest BCUT2D eigenvalue weighted by Gasteiger charge is 2.19. The Hall–Kier alpha value is -3.35. The maximum atomic E-state index is 12.4. The number of carbonyl (C=O) groups excluding carboxylic acids is 3. The third-order valence-electron chi connectivity index (χ3n) is 4.36. The van der Waals surface area contributed by atoms with Gasteiger partial charge in [-0.2, -0.15) is 0 Å². The smallest absolute Gasteiger partial charge is 0.338 e. The molecule has 0 fully saturated rings. The summed E-state index contributed by atoms with van der Waals surface area (Å²) in [6.45, 7) is 9.50. The summed E-state index contributed by atoms with van der Waals surface area (Å²) in [7, 11) is 0. The zero-order chi connectivity index (χ0) is 22.3. The quantitative estimate of drug-likeness (QED) is 0.605. The fourth-order valence-electron chi connectivity index (χ4n) is 2.72. The van der Waals surface area contributed by atoms with E-state index in [-0.39, 0.29) is 12.1 Å². The minimum Gasteiger partial charge on any atom is -0.449 e. The Morgan fingerprint density at radius 3 is 2.23 bits per heavy atom. The van der Waals surface area contributed by atoms with Crippen LogP contribution in [0, 0.1) is 13.8 Å². The van der Waals surface area contributed by atoms with Gasteiger partial charge in [-0.15, -0.1) is 0 Å². The minimum atomic E-state index is -0.945. The molecule has 2 rings (SSSR count). The van der Waals surface area contributed by atoms with Gasteiger partial charge in [0.05, 0.1) is 5.56 Å². The van der Waals surface area contributed by atoms with Crippen molar-refractivity contribution in [3.05, 3.63) is 64.7 Å². The first-order valence-electron chi connectivity index (χ1n) is 9.88. The molecule has 3 N–H and O–H groups in total. The van der Waals surface area contributed by atoms with Crippen LogP contribution in [-0.2, 0) is 16.1 Å². The van der Waals surface area contributed by atoms with Gasteiger partial charge in [0.2, 0.25) is 0 Å². The van der Waals surface area contributed by atoms with E-state index in [0.29, 0.717) is 17.8 Å². The van der Waals surface area contributed by atoms with E-state index in [9.17, 15) is 14.4 Å². The van der Waals surface area contributed by atoms with Crippen molar-refractivity contribution in [1.82, 2.24) is 10.6 Å². The van der Waals surface area contributed by atoms with Gasteiger partial charge in [0.25, 0.3) is 5.91 Å². The lowest BCUT2D eigenvalue weighted by molar-refractivity contribution is -0.123. The van der Waals surface area contributed by atoms with Crippen LogP contribution in [0.15, 0.2) is 42.5 Å². The van der Waals surface area contributed by atoms with Gasteiger partial charge in [0.15, 0.2) is 6.10 Å². The maximum Gasteiger partial charge on any atom is 0.338 e. The van der Waals surface area contributed by atoms with Crippen LogP contribution in [-0.4, -0.2) is 30.1 Å².